The number of carbonyl (C=O) groups is 2. The fraction of sp³-hybridized carbons (Fsp3) is 0.355. The number of hydrogen-bond acceptors (Lipinski definition) is 3. The van der Waals surface area contributed by atoms with E-state index in [1.807, 2.05) is 54.6 Å². The smallest absolute Gasteiger partial charge is 0.251 e. The minimum Gasteiger partial charge on any atom is -0.378 e. The second-order valence-electron chi connectivity index (χ2n) is 10.5. The molecule has 2 aliphatic heterocycles. The Bertz CT molecular complexity index is 1300. The molecule has 0 radical (unpaired) electrons. The van der Waals surface area contributed by atoms with Crippen LogP contribution in [0.3, 0.4) is 0 Å². The topological polar surface area (TPSA) is 61.4 Å². The Morgan fingerprint density at radius 1 is 0.892 bits per heavy atom. The van der Waals surface area contributed by atoms with Gasteiger partial charge in [0.2, 0.25) is 5.91 Å². The number of hydrogen-bond donors (Lipinski definition) is 2. The van der Waals surface area contributed by atoms with Crippen LogP contribution >= 0.6 is 11.6 Å². The number of anilines is 1. The van der Waals surface area contributed by atoms with Gasteiger partial charge in [-0.25, -0.2) is 0 Å². The van der Waals surface area contributed by atoms with Crippen molar-refractivity contribution in [2.45, 2.75) is 50.2 Å². The molecule has 6 heteroatoms. The van der Waals surface area contributed by atoms with Crippen LogP contribution in [0.1, 0.15) is 65.7 Å². The summed E-state index contributed by atoms with van der Waals surface area (Å²) in [6.45, 7) is 0.719. The van der Waals surface area contributed by atoms with Crippen molar-refractivity contribution in [3.05, 3.63) is 101 Å². The van der Waals surface area contributed by atoms with Crippen LogP contribution in [0.25, 0.3) is 0 Å². The summed E-state index contributed by atoms with van der Waals surface area (Å²) in [6.07, 6.45) is 4.60. The van der Waals surface area contributed by atoms with E-state index in [9.17, 15) is 9.59 Å². The number of carbonyl (C=O) groups excluding carboxylic acids is 2. The number of nitrogens with zero attached hydrogens (tertiary/aromatic N) is 1. The number of fused-ring (bicyclic) bond motifs is 3. The second kappa shape index (κ2) is 10.2. The lowest BCUT2D eigenvalue weighted by molar-refractivity contribution is -0.138. The molecule has 1 saturated carbocycles. The highest BCUT2D eigenvalue weighted by Gasteiger charge is 2.48. The molecule has 3 aromatic rings. The van der Waals surface area contributed by atoms with Gasteiger partial charge < -0.3 is 15.5 Å². The van der Waals surface area contributed by atoms with Crippen molar-refractivity contribution in [1.82, 2.24) is 10.2 Å². The van der Waals surface area contributed by atoms with Gasteiger partial charge in [0, 0.05) is 34.8 Å². The van der Waals surface area contributed by atoms with E-state index in [1.165, 1.54) is 5.56 Å². The van der Waals surface area contributed by atoms with Crippen LogP contribution in [0.2, 0.25) is 5.02 Å². The Hall–Kier alpha value is -3.31. The Morgan fingerprint density at radius 2 is 1.68 bits per heavy atom. The summed E-state index contributed by atoms with van der Waals surface area (Å²) in [5.74, 6) is 0.120. The van der Waals surface area contributed by atoms with E-state index in [1.54, 1.807) is 0 Å². The van der Waals surface area contributed by atoms with Crippen LogP contribution in [0.4, 0.5) is 5.69 Å². The molecule has 0 bridgehead atoms. The average molecular weight is 514 g/mol. The third-order valence-corrected chi connectivity index (χ3v) is 8.62. The summed E-state index contributed by atoms with van der Waals surface area (Å²) in [5.41, 5.74) is 4.04. The maximum atomic E-state index is 14.2. The zero-order chi connectivity index (χ0) is 25.4. The van der Waals surface area contributed by atoms with Gasteiger partial charge in [-0.1, -0.05) is 73.0 Å². The van der Waals surface area contributed by atoms with Gasteiger partial charge in [-0.2, -0.15) is 0 Å². The average Bonchev–Trinajstić information content (AvgIpc) is 3.39. The normalized spacial score (nSPS) is 26.5. The highest BCUT2D eigenvalue weighted by atomic mass is 35.5. The number of likely N-dealkylation sites (tertiary alicyclic amines) is 1. The standard InChI is InChI=1S/C31H32ClN3O2/c32-22-12-8-11-21(19-22)28-25-17-18-35(29(25)23-13-4-6-15-26(23)33-28)31(37)24-14-5-7-16-27(24)34-30(36)20-9-2-1-3-10-20/h1-4,6,8-13,15,19,24-25,27-29,33H,5,7,14,16-18H2,(H,34,36)/t24-,25+,27+,28-,29-/m0/s1. The first-order valence-electron chi connectivity index (χ1n) is 13.4. The van der Waals surface area contributed by atoms with Gasteiger partial charge in [0.15, 0.2) is 0 Å². The summed E-state index contributed by atoms with van der Waals surface area (Å²) < 4.78 is 0. The van der Waals surface area contributed by atoms with E-state index in [2.05, 4.69) is 39.8 Å². The molecule has 0 unspecified atom stereocenters. The Morgan fingerprint density at radius 3 is 2.51 bits per heavy atom. The van der Waals surface area contributed by atoms with Gasteiger partial charge in [0.1, 0.15) is 0 Å². The number of para-hydroxylation sites is 1. The van der Waals surface area contributed by atoms with Crippen molar-refractivity contribution in [1.29, 1.82) is 0 Å². The quantitative estimate of drug-likeness (QED) is 0.425. The minimum absolute atomic E-state index is 0.00123. The fourth-order valence-corrected chi connectivity index (χ4v) is 6.85. The zero-order valence-corrected chi connectivity index (χ0v) is 21.5. The summed E-state index contributed by atoms with van der Waals surface area (Å²) in [4.78, 5) is 29.3. The van der Waals surface area contributed by atoms with E-state index in [0.717, 1.165) is 54.9 Å². The van der Waals surface area contributed by atoms with E-state index >= 15 is 0 Å². The Kier molecular flexibility index (Phi) is 6.64. The molecule has 190 valence electrons. The molecular formula is C31H32ClN3O2. The summed E-state index contributed by atoms with van der Waals surface area (Å²) >= 11 is 6.36. The predicted molar refractivity (Wildman–Crippen MR) is 146 cm³/mol. The lowest BCUT2D eigenvalue weighted by Gasteiger charge is -2.42. The van der Waals surface area contributed by atoms with Crippen molar-refractivity contribution >= 4 is 29.1 Å². The molecular weight excluding hydrogens is 482 g/mol. The second-order valence-corrected chi connectivity index (χ2v) is 11.0. The Balaban J connectivity index is 1.28. The van der Waals surface area contributed by atoms with Gasteiger partial charge in [-0.05, 0) is 60.7 Å². The fourth-order valence-electron chi connectivity index (χ4n) is 6.66. The molecule has 6 rings (SSSR count). The molecule has 3 aliphatic rings. The first-order valence-corrected chi connectivity index (χ1v) is 13.8. The van der Waals surface area contributed by atoms with Crippen LogP contribution in [-0.4, -0.2) is 29.3 Å². The lowest BCUT2D eigenvalue weighted by atomic mass is 9.79. The molecule has 0 spiro atoms. The maximum absolute atomic E-state index is 14.2. The number of nitrogens with one attached hydrogen (secondary N) is 2. The van der Waals surface area contributed by atoms with Gasteiger partial charge >= 0.3 is 0 Å². The predicted octanol–water partition coefficient (Wildman–Crippen LogP) is 6.39. The van der Waals surface area contributed by atoms with Crippen LogP contribution in [0.15, 0.2) is 78.9 Å². The number of amides is 2. The van der Waals surface area contributed by atoms with Crippen molar-refractivity contribution in [3.63, 3.8) is 0 Å². The van der Waals surface area contributed by atoms with Crippen LogP contribution < -0.4 is 10.6 Å². The van der Waals surface area contributed by atoms with E-state index < -0.39 is 0 Å². The molecule has 0 aromatic heterocycles. The first kappa shape index (κ1) is 24.1. The summed E-state index contributed by atoms with van der Waals surface area (Å²) in [6, 6.07) is 25.6. The van der Waals surface area contributed by atoms with Gasteiger partial charge in [-0.15, -0.1) is 0 Å². The number of halogens is 1. The highest BCUT2D eigenvalue weighted by Crippen LogP contribution is 2.52. The van der Waals surface area contributed by atoms with Gasteiger partial charge in [-0.3, -0.25) is 9.59 Å². The van der Waals surface area contributed by atoms with Crippen molar-refractivity contribution < 1.29 is 9.59 Å². The number of benzene rings is 3. The molecule has 2 heterocycles. The molecule has 2 amide bonds. The van der Waals surface area contributed by atoms with Crippen LogP contribution in [0, 0.1) is 11.8 Å². The Labute approximate surface area is 223 Å². The van der Waals surface area contributed by atoms with E-state index in [-0.39, 0.29) is 41.8 Å². The first-order chi connectivity index (χ1) is 18.1. The minimum atomic E-state index is -0.202. The van der Waals surface area contributed by atoms with Gasteiger partial charge in [0.25, 0.3) is 5.91 Å². The molecule has 2 N–H and O–H groups in total. The molecule has 37 heavy (non-hydrogen) atoms. The molecule has 5 atom stereocenters. The van der Waals surface area contributed by atoms with E-state index in [4.69, 9.17) is 11.6 Å². The molecule has 5 nitrogen and oxygen atoms in total. The third kappa shape index (κ3) is 4.61. The lowest BCUT2D eigenvalue weighted by Crippen LogP contribution is -2.50. The molecule has 1 aliphatic carbocycles. The van der Waals surface area contributed by atoms with Crippen molar-refractivity contribution in [3.8, 4) is 0 Å². The molecule has 1 saturated heterocycles. The van der Waals surface area contributed by atoms with Gasteiger partial charge in [0.05, 0.1) is 18.0 Å². The van der Waals surface area contributed by atoms with Crippen LogP contribution in [-0.2, 0) is 4.79 Å². The monoisotopic (exact) mass is 513 g/mol. The largest absolute Gasteiger partial charge is 0.378 e. The van der Waals surface area contributed by atoms with Crippen LogP contribution in [0.5, 0.6) is 0 Å². The SMILES string of the molecule is O=C(N[C@@H]1CCCC[C@@H]1C(=O)N1CC[C@@H]2[C@H](c3cccc(Cl)c3)Nc3ccccc3[C@@H]21)c1ccccc1. The molecule has 2 fully saturated rings. The van der Waals surface area contributed by atoms with Crippen molar-refractivity contribution in [2.75, 3.05) is 11.9 Å². The molecule has 3 aromatic carbocycles. The third-order valence-electron chi connectivity index (χ3n) is 8.39. The zero-order valence-electron chi connectivity index (χ0n) is 20.8. The van der Waals surface area contributed by atoms with Crippen molar-refractivity contribution in [2.24, 2.45) is 11.8 Å². The number of rotatable bonds is 4. The van der Waals surface area contributed by atoms with E-state index in [0.29, 0.717) is 5.56 Å². The highest BCUT2D eigenvalue weighted by molar-refractivity contribution is 6.30. The maximum Gasteiger partial charge on any atom is 0.251 e. The summed E-state index contributed by atoms with van der Waals surface area (Å²) in [7, 11) is 0. The summed E-state index contributed by atoms with van der Waals surface area (Å²) in [5, 5.41) is 7.68.